The number of nitrogens with one attached hydrogen (secondary N) is 1. The van der Waals surface area contributed by atoms with Crippen molar-refractivity contribution in [1.82, 2.24) is 9.88 Å². The average Bonchev–Trinajstić information content (AvgIpc) is 3.03. The summed E-state index contributed by atoms with van der Waals surface area (Å²) in [6.07, 6.45) is 6.98. The Morgan fingerprint density at radius 2 is 2.13 bits per heavy atom. The van der Waals surface area contributed by atoms with Gasteiger partial charge in [0.05, 0.1) is 6.04 Å². The van der Waals surface area contributed by atoms with Crippen molar-refractivity contribution in [2.24, 2.45) is 5.73 Å². The van der Waals surface area contributed by atoms with Gasteiger partial charge in [0.15, 0.2) is 0 Å². The third-order valence-electron chi connectivity index (χ3n) is 4.82. The summed E-state index contributed by atoms with van der Waals surface area (Å²) in [7, 11) is 0. The first-order valence-corrected chi connectivity index (χ1v) is 9.69. The van der Waals surface area contributed by atoms with E-state index >= 15 is 0 Å². The second-order valence-corrected chi connectivity index (χ2v) is 7.26. The molecule has 2 aromatic rings. The van der Waals surface area contributed by atoms with Crippen molar-refractivity contribution < 1.29 is 4.79 Å². The molecule has 4 nitrogen and oxygen atoms in total. The minimum Gasteiger partial charge on any atom is -0.361 e. The van der Waals surface area contributed by atoms with E-state index in [1.165, 1.54) is 16.5 Å². The number of amides is 1. The summed E-state index contributed by atoms with van der Waals surface area (Å²) in [5, 5.41) is 1.31. The number of para-hydroxylation sites is 1. The molecule has 5 heteroatoms. The molecule has 1 fully saturated rings. The van der Waals surface area contributed by atoms with Crippen molar-refractivity contribution >= 4 is 28.6 Å². The molecule has 3 rings (SSSR count). The first kappa shape index (κ1) is 16.4. The minimum atomic E-state index is -0.341. The van der Waals surface area contributed by atoms with E-state index in [9.17, 15) is 4.79 Å². The Morgan fingerprint density at radius 1 is 1.39 bits per heavy atom. The van der Waals surface area contributed by atoms with Gasteiger partial charge in [-0.2, -0.15) is 11.8 Å². The molecule has 1 saturated heterocycles. The van der Waals surface area contributed by atoms with Gasteiger partial charge < -0.3 is 15.6 Å². The molecular formula is C18H25N3OS. The summed E-state index contributed by atoms with van der Waals surface area (Å²) >= 11 is 1.74. The molecule has 1 unspecified atom stereocenters. The second-order valence-electron chi connectivity index (χ2n) is 6.28. The van der Waals surface area contributed by atoms with Gasteiger partial charge in [0.1, 0.15) is 0 Å². The average molecular weight is 331 g/mol. The fourth-order valence-corrected chi connectivity index (χ4v) is 3.94. The first-order chi connectivity index (χ1) is 11.2. The first-order valence-electron chi connectivity index (χ1n) is 8.30. The molecule has 1 aromatic heterocycles. The second kappa shape index (κ2) is 7.41. The molecule has 2 heterocycles. The standard InChI is InChI=1S/C18H25N3OS/c1-23-11-8-16(19)18(22)21-9-6-13(7-10-21)15-12-20-17-5-3-2-4-14(15)17/h2-5,12-13,16,20H,6-11,19H2,1H3. The van der Waals surface area contributed by atoms with Crippen LogP contribution >= 0.6 is 11.8 Å². The Kier molecular flexibility index (Phi) is 5.28. The lowest BCUT2D eigenvalue weighted by molar-refractivity contribution is -0.133. The predicted octanol–water partition coefficient (Wildman–Crippen LogP) is 2.95. The lowest BCUT2D eigenvalue weighted by Gasteiger charge is -2.33. The monoisotopic (exact) mass is 331 g/mol. The van der Waals surface area contributed by atoms with Crippen molar-refractivity contribution in [2.75, 3.05) is 25.1 Å². The summed E-state index contributed by atoms with van der Waals surface area (Å²) in [5.41, 5.74) is 8.61. The molecule has 1 aromatic carbocycles. The molecule has 124 valence electrons. The van der Waals surface area contributed by atoms with Crippen LogP contribution < -0.4 is 5.73 Å². The molecule has 1 amide bonds. The largest absolute Gasteiger partial charge is 0.361 e. The van der Waals surface area contributed by atoms with Gasteiger partial charge in [-0.3, -0.25) is 4.79 Å². The Hall–Kier alpha value is -1.46. The molecule has 1 aliphatic rings. The van der Waals surface area contributed by atoms with Gasteiger partial charge in [-0.1, -0.05) is 18.2 Å². The van der Waals surface area contributed by atoms with Crippen LogP contribution in [-0.2, 0) is 4.79 Å². The number of carbonyl (C=O) groups is 1. The van der Waals surface area contributed by atoms with E-state index in [0.717, 1.165) is 38.1 Å². The predicted molar refractivity (Wildman–Crippen MR) is 97.8 cm³/mol. The van der Waals surface area contributed by atoms with E-state index < -0.39 is 0 Å². The van der Waals surface area contributed by atoms with E-state index in [0.29, 0.717) is 5.92 Å². The van der Waals surface area contributed by atoms with Crippen molar-refractivity contribution in [2.45, 2.75) is 31.2 Å². The lowest BCUT2D eigenvalue weighted by atomic mass is 9.89. The minimum absolute atomic E-state index is 0.122. The van der Waals surface area contributed by atoms with Crippen molar-refractivity contribution in [1.29, 1.82) is 0 Å². The zero-order valence-electron chi connectivity index (χ0n) is 13.6. The van der Waals surface area contributed by atoms with E-state index in [2.05, 4.69) is 35.4 Å². The van der Waals surface area contributed by atoms with Crippen LogP contribution in [0.5, 0.6) is 0 Å². The van der Waals surface area contributed by atoms with Gasteiger partial charge in [-0.15, -0.1) is 0 Å². The van der Waals surface area contributed by atoms with Gasteiger partial charge in [0.25, 0.3) is 0 Å². The maximum atomic E-state index is 12.4. The van der Waals surface area contributed by atoms with E-state index in [1.807, 2.05) is 11.2 Å². The van der Waals surface area contributed by atoms with Gasteiger partial charge in [0.2, 0.25) is 5.91 Å². The fourth-order valence-electron chi connectivity index (χ4n) is 3.45. The maximum absolute atomic E-state index is 12.4. The van der Waals surface area contributed by atoms with E-state index in [4.69, 9.17) is 5.73 Å². The zero-order chi connectivity index (χ0) is 16.2. The quantitative estimate of drug-likeness (QED) is 0.885. The number of likely N-dealkylation sites (tertiary alicyclic amines) is 1. The van der Waals surface area contributed by atoms with Crippen molar-refractivity contribution in [3.05, 3.63) is 36.0 Å². The summed E-state index contributed by atoms with van der Waals surface area (Å²) in [5.74, 6) is 1.59. The molecule has 0 saturated carbocycles. The lowest BCUT2D eigenvalue weighted by Crippen LogP contribution is -2.47. The normalized spacial score (nSPS) is 17.6. The number of nitrogens with two attached hydrogens (primary N) is 1. The number of hydrogen-bond acceptors (Lipinski definition) is 3. The van der Waals surface area contributed by atoms with Gasteiger partial charge in [-0.05, 0) is 48.8 Å². The number of benzene rings is 1. The molecule has 23 heavy (non-hydrogen) atoms. The zero-order valence-corrected chi connectivity index (χ0v) is 14.4. The maximum Gasteiger partial charge on any atom is 0.239 e. The third kappa shape index (κ3) is 3.56. The Balaban J connectivity index is 1.61. The summed E-state index contributed by atoms with van der Waals surface area (Å²) < 4.78 is 0. The highest BCUT2D eigenvalue weighted by Crippen LogP contribution is 2.33. The van der Waals surface area contributed by atoms with E-state index in [1.54, 1.807) is 11.8 Å². The fraction of sp³-hybridized carbons (Fsp3) is 0.500. The molecule has 0 aliphatic carbocycles. The molecule has 1 aliphatic heterocycles. The highest BCUT2D eigenvalue weighted by atomic mass is 32.2. The van der Waals surface area contributed by atoms with Crippen molar-refractivity contribution in [3.8, 4) is 0 Å². The number of aromatic amines is 1. The van der Waals surface area contributed by atoms with Gasteiger partial charge in [-0.25, -0.2) is 0 Å². The number of thioether (sulfide) groups is 1. The van der Waals surface area contributed by atoms with Gasteiger partial charge >= 0.3 is 0 Å². The van der Waals surface area contributed by atoms with Crippen LogP contribution in [0, 0.1) is 0 Å². The molecule has 1 atom stereocenters. The SMILES string of the molecule is CSCCC(N)C(=O)N1CCC(c2c[nH]c3ccccc23)CC1. The Morgan fingerprint density at radius 3 is 2.87 bits per heavy atom. The van der Waals surface area contributed by atoms with Crippen LogP contribution in [0.4, 0.5) is 0 Å². The Labute approximate surface area is 141 Å². The highest BCUT2D eigenvalue weighted by Gasteiger charge is 2.27. The number of carbonyl (C=O) groups excluding carboxylic acids is 1. The number of H-pyrrole nitrogens is 1. The number of aromatic nitrogens is 1. The van der Waals surface area contributed by atoms with Gasteiger partial charge in [0, 0.05) is 30.2 Å². The summed E-state index contributed by atoms with van der Waals surface area (Å²) in [6.45, 7) is 1.63. The number of rotatable bonds is 5. The van der Waals surface area contributed by atoms with Crippen LogP contribution in [0.15, 0.2) is 30.5 Å². The van der Waals surface area contributed by atoms with Crippen LogP contribution in [0.3, 0.4) is 0 Å². The summed E-state index contributed by atoms with van der Waals surface area (Å²) in [6, 6.07) is 8.09. The van der Waals surface area contributed by atoms with Crippen LogP contribution in [-0.4, -0.2) is 46.9 Å². The third-order valence-corrected chi connectivity index (χ3v) is 5.46. The highest BCUT2D eigenvalue weighted by molar-refractivity contribution is 7.98. The molecule has 0 spiro atoms. The van der Waals surface area contributed by atoms with Crippen molar-refractivity contribution in [3.63, 3.8) is 0 Å². The molecule has 3 N–H and O–H groups in total. The van der Waals surface area contributed by atoms with E-state index in [-0.39, 0.29) is 11.9 Å². The molecule has 0 radical (unpaired) electrons. The summed E-state index contributed by atoms with van der Waals surface area (Å²) in [4.78, 5) is 17.7. The smallest absolute Gasteiger partial charge is 0.239 e. The van der Waals surface area contributed by atoms with Crippen LogP contribution in [0.1, 0.15) is 30.7 Å². The topological polar surface area (TPSA) is 62.1 Å². The number of fused-ring (bicyclic) bond motifs is 1. The molecule has 0 bridgehead atoms. The molecular weight excluding hydrogens is 306 g/mol. The van der Waals surface area contributed by atoms with Crippen LogP contribution in [0.25, 0.3) is 10.9 Å². The Bertz CT molecular complexity index is 661. The number of piperidine rings is 1. The number of nitrogens with zero attached hydrogens (tertiary/aromatic N) is 1. The number of hydrogen-bond donors (Lipinski definition) is 2. The van der Waals surface area contributed by atoms with Crippen LogP contribution in [0.2, 0.25) is 0 Å².